The Morgan fingerprint density at radius 1 is 1.38 bits per heavy atom. The van der Waals surface area contributed by atoms with Crippen LogP contribution in [0.25, 0.3) is 0 Å². The standard InChI is InChI=1S/C14H17NO6/c1-2-3-4-7-21-11-6-5-9(13(17)15-20)12(14(18)19)10(11)8-16/h5-6,12,20H,2-4,7H2,1H3,(H,15,17)(H,18,19). The van der Waals surface area contributed by atoms with E-state index in [0.717, 1.165) is 19.3 Å². The Kier molecular flexibility index (Phi) is 6.39. The molecule has 3 N–H and O–H groups in total. The number of hydroxylamine groups is 1. The van der Waals surface area contributed by atoms with E-state index in [4.69, 9.17) is 9.94 Å². The van der Waals surface area contributed by atoms with Gasteiger partial charge in [0.15, 0.2) is 0 Å². The van der Waals surface area contributed by atoms with Crippen LogP contribution in [0.2, 0.25) is 0 Å². The maximum Gasteiger partial charge on any atom is 0.316 e. The van der Waals surface area contributed by atoms with Gasteiger partial charge in [-0.05, 0) is 18.6 Å². The zero-order valence-corrected chi connectivity index (χ0v) is 11.6. The molecular weight excluding hydrogens is 278 g/mol. The number of carboxylic acids is 1. The molecular formula is C14H17NO6. The molecule has 7 nitrogen and oxygen atoms in total. The molecule has 0 bridgehead atoms. The molecule has 114 valence electrons. The number of hydrogen-bond donors (Lipinski definition) is 3. The number of rotatable bonds is 7. The third-order valence-electron chi connectivity index (χ3n) is 3.01. The summed E-state index contributed by atoms with van der Waals surface area (Å²) in [7, 11) is 0. The first kappa shape index (κ1) is 16.7. The molecule has 0 radical (unpaired) electrons. The maximum absolute atomic E-state index is 11.4. The van der Waals surface area contributed by atoms with Crippen LogP contribution in [0.1, 0.15) is 26.2 Å². The monoisotopic (exact) mass is 295 g/mol. The lowest BCUT2D eigenvalue weighted by molar-refractivity contribution is -0.141. The van der Waals surface area contributed by atoms with Crippen LogP contribution in [0.5, 0.6) is 0 Å². The van der Waals surface area contributed by atoms with Gasteiger partial charge in [0.1, 0.15) is 17.6 Å². The van der Waals surface area contributed by atoms with E-state index in [0.29, 0.717) is 6.61 Å². The van der Waals surface area contributed by atoms with Gasteiger partial charge in [0.05, 0.1) is 12.2 Å². The molecule has 1 aliphatic carbocycles. The summed E-state index contributed by atoms with van der Waals surface area (Å²) >= 11 is 0. The van der Waals surface area contributed by atoms with Gasteiger partial charge in [0.2, 0.25) is 0 Å². The molecule has 0 aromatic rings. The number of aliphatic carboxylic acids is 1. The van der Waals surface area contributed by atoms with Crippen molar-refractivity contribution in [2.45, 2.75) is 26.2 Å². The highest BCUT2D eigenvalue weighted by Crippen LogP contribution is 2.30. The minimum atomic E-state index is -1.51. The number of nitrogens with one attached hydrogen (secondary N) is 1. The fraction of sp³-hybridized carbons (Fsp3) is 0.429. The Hall–Kier alpha value is -2.37. The molecule has 7 heteroatoms. The molecule has 1 rings (SSSR count). The van der Waals surface area contributed by atoms with Crippen LogP contribution in [0.4, 0.5) is 0 Å². The van der Waals surface area contributed by atoms with Gasteiger partial charge < -0.3 is 9.84 Å². The number of carboxylic acid groups (broad SMARTS) is 1. The summed E-state index contributed by atoms with van der Waals surface area (Å²) in [6, 6.07) is 0. The summed E-state index contributed by atoms with van der Waals surface area (Å²) in [5.74, 6) is -2.29. The predicted molar refractivity (Wildman–Crippen MR) is 71.9 cm³/mol. The summed E-state index contributed by atoms with van der Waals surface area (Å²) in [6.07, 6.45) is 5.25. The number of ether oxygens (including phenoxy) is 1. The van der Waals surface area contributed by atoms with Gasteiger partial charge in [-0.25, -0.2) is 10.3 Å². The zero-order valence-electron chi connectivity index (χ0n) is 11.6. The van der Waals surface area contributed by atoms with Gasteiger partial charge in [0.25, 0.3) is 5.91 Å². The van der Waals surface area contributed by atoms with E-state index < -0.39 is 17.8 Å². The number of unbranched alkanes of at least 4 members (excludes halogenated alkanes) is 2. The Morgan fingerprint density at radius 3 is 2.62 bits per heavy atom. The topological polar surface area (TPSA) is 113 Å². The normalized spacial score (nSPS) is 17.4. The molecule has 0 aliphatic heterocycles. The van der Waals surface area contributed by atoms with Crippen molar-refractivity contribution in [3.8, 4) is 0 Å². The van der Waals surface area contributed by atoms with Crippen molar-refractivity contribution in [1.29, 1.82) is 0 Å². The highest BCUT2D eigenvalue weighted by molar-refractivity contribution is 6.02. The van der Waals surface area contributed by atoms with E-state index in [1.165, 1.54) is 23.6 Å². The molecule has 0 aromatic carbocycles. The zero-order chi connectivity index (χ0) is 15.8. The second-order valence-corrected chi connectivity index (χ2v) is 4.44. The summed E-state index contributed by atoms with van der Waals surface area (Å²) in [5.41, 5.74) is 0.831. The third kappa shape index (κ3) is 4.05. The summed E-state index contributed by atoms with van der Waals surface area (Å²) in [4.78, 5) is 33.8. The van der Waals surface area contributed by atoms with Crippen LogP contribution >= 0.6 is 0 Å². The van der Waals surface area contributed by atoms with Crippen molar-refractivity contribution in [1.82, 2.24) is 5.48 Å². The van der Waals surface area contributed by atoms with Crippen molar-refractivity contribution >= 4 is 17.8 Å². The number of carbonyl (C=O) groups is 2. The van der Waals surface area contributed by atoms with Gasteiger partial charge in [-0.3, -0.25) is 14.8 Å². The van der Waals surface area contributed by atoms with Crippen LogP contribution in [-0.2, 0) is 19.1 Å². The first-order valence-corrected chi connectivity index (χ1v) is 6.54. The van der Waals surface area contributed by atoms with E-state index in [1.54, 1.807) is 0 Å². The van der Waals surface area contributed by atoms with Crippen LogP contribution in [-0.4, -0.2) is 34.7 Å². The van der Waals surface area contributed by atoms with E-state index in [-0.39, 0.29) is 16.9 Å². The van der Waals surface area contributed by atoms with Crippen LogP contribution in [0.15, 0.2) is 29.1 Å². The molecule has 1 unspecified atom stereocenters. The highest BCUT2D eigenvalue weighted by Gasteiger charge is 2.36. The second-order valence-electron chi connectivity index (χ2n) is 4.44. The molecule has 0 aromatic heterocycles. The fourth-order valence-electron chi connectivity index (χ4n) is 1.95. The smallest absolute Gasteiger partial charge is 0.316 e. The Balaban J connectivity index is 3.02. The Bertz CT molecular complexity index is 528. The lowest BCUT2D eigenvalue weighted by atomic mass is 9.86. The molecule has 1 amide bonds. The predicted octanol–water partition coefficient (Wildman–Crippen LogP) is 0.981. The average molecular weight is 295 g/mol. The number of carbonyl (C=O) groups excluding carboxylic acids is 2. The molecule has 21 heavy (non-hydrogen) atoms. The molecule has 0 fully saturated rings. The molecule has 0 heterocycles. The molecule has 1 atom stereocenters. The summed E-state index contributed by atoms with van der Waals surface area (Å²) in [6.45, 7) is 2.37. The van der Waals surface area contributed by atoms with E-state index in [1.807, 2.05) is 6.92 Å². The SMILES string of the molecule is CCCCCOC1=CC=C(C(=O)NO)C(C(=O)O)C1=C=O. The molecule has 0 saturated heterocycles. The number of amides is 1. The van der Waals surface area contributed by atoms with Gasteiger partial charge in [0, 0.05) is 5.57 Å². The summed E-state index contributed by atoms with van der Waals surface area (Å²) in [5, 5.41) is 17.8. The van der Waals surface area contributed by atoms with Crippen molar-refractivity contribution in [3.63, 3.8) is 0 Å². The molecule has 0 saturated carbocycles. The minimum absolute atomic E-state index is 0.0861. The largest absolute Gasteiger partial charge is 0.492 e. The van der Waals surface area contributed by atoms with Crippen molar-refractivity contribution in [2.24, 2.45) is 5.92 Å². The van der Waals surface area contributed by atoms with Crippen molar-refractivity contribution in [2.75, 3.05) is 6.61 Å². The molecule has 0 spiro atoms. The van der Waals surface area contributed by atoms with E-state index in [2.05, 4.69) is 0 Å². The highest BCUT2D eigenvalue weighted by atomic mass is 16.5. The third-order valence-corrected chi connectivity index (χ3v) is 3.01. The second kappa shape index (κ2) is 8.04. The van der Waals surface area contributed by atoms with Gasteiger partial charge >= 0.3 is 5.97 Å². The van der Waals surface area contributed by atoms with E-state index >= 15 is 0 Å². The first-order valence-electron chi connectivity index (χ1n) is 6.54. The summed E-state index contributed by atoms with van der Waals surface area (Å²) < 4.78 is 5.39. The Morgan fingerprint density at radius 2 is 2.10 bits per heavy atom. The number of allylic oxidation sites excluding steroid dienone is 3. The average Bonchev–Trinajstić information content (AvgIpc) is 2.49. The van der Waals surface area contributed by atoms with Gasteiger partial charge in [-0.1, -0.05) is 19.8 Å². The minimum Gasteiger partial charge on any atom is -0.492 e. The lowest BCUT2D eigenvalue weighted by Gasteiger charge is -2.21. The van der Waals surface area contributed by atoms with Gasteiger partial charge in [-0.2, -0.15) is 0 Å². The van der Waals surface area contributed by atoms with Gasteiger partial charge in [-0.15, -0.1) is 0 Å². The fourth-order valence-corrected chi connectivity index (χ4v) is 1.95. The van der Waals surface area contributed by atoms with Crippen LogP contribution in [0, 0.1) is 5.92 Å². The maximum atomic E-state index is 11.4. The van der Waals surface area contributed by atoms with Crippen LogP contribution in [0.3, 0.4) is 0 Å². The van der Waals surface area contributed by atoms with E-state index in [9.17, 15) is 19.5 Å². The molecule has 1 aliphatic rings. The van der Waals surface area contributed by atoms with Crippen LogP contribution < -0.4 is 5.48 Å². The van der Waals surface area contributed by atoms with Crippen molar-refractivity contribution in [3.05, 3.63) is 29.1 Å². The first-order chi connectivity index (χ1) is 10.1. The lowest BCUT2D eigenvalue weighted by Crippen LogP contribution is -2.32. The van der Waals surface area contributed by atoms with Crippen molar-refractivity contribution < 1.29 is 29.4 Å². The number of hydrogen-bond acceptors (Lipinski definition) is 5. The quantitative estimate of drug-likeness (QED) is 0.279. The Labute approximate surface area is 121 Å².